The highest BCUT2D eigenvalue weighted by molar-refractivity contribution is 5.37. The lowest BCUT2D eigenvalue weighted by atomic mass is 10.0. The van der Waals surface area contributed by atoms with Gasteiger partial charge < -0.3 is 9.64 Å². The highest BCUT2D eigenvalue weighted by atomic mass is 16.5. The van der Waals surface area contributed by atoms with Crippen LogP contribution in [0.3, 0.4) is 0 Å². The van der Waals surface area contributed by atoms with Crippen LogP contribution in [-0.4, -0.2) is 30.6 Å². The zero-order chi connectivity index (χ0) is 13.8. The van der Waals surface area contributed by atoms with Crippen LogP contribution in [0.4, 0.5) is 0 Å². The Labute approximate surface area is 123 Å². The fraction of sp³-hybridized carbons (Fsp3) is 0.667. The minimum atomic E-state index is 0.501. The molecule has 1 aliphatic carbocycles. The van der Waals surface area contributed by atoms with E-state index in [1.54, 1.807) is 0 Å². The van der Waals surface area contributed by atoms with Crippen molar-refractivity contribution in [2.24, 2.45) is 0 Å². The Hall–Kier alpha value is -1.02. The number of nitrogens with zero attached hydrogens (tertiary/aromatic N) is 1. The molecule has 1 saturated heterocycles. The predicted molar refractivity (Wildman–Crippen MR) is 83.5 cm³/mol. The van der Waals surface area contributed by atoms with Crippen molar-refractivity contribution < 1.29 is 4.74 Å². The van der Waals surface area contributed by atoms with Crippen LogP contribution in [0.15, 0.2) is 18.2 Å². The van der Waals surface area contributed by atoms with E-state index in [0.717, 1.165) is 12.2 Å². The van der Waals surface area contributed by atoms with Crippen molar-refractivity contribution >= 4 is 0 Å². The van der Waals surface area contributed by atoms with Gasteiger partial charge >= 0.3 is 0 Å². The molecule has 2 fully saturated rings. The second-order valence-electron chi connectivity index (χ2n) is 6.27. The molecule has 0 atom stereocenters. The first kappa shape index (κ1) is 13.9. The first-order valence-corrected chi connectivity index (χ1v) is 8.36. The second kappa shape index (κ2) is 6.62. The number of aryl methyl sites for hydroxylation is 2. The van der Waals surface area contributed by atoms with Crippen molar-refractivity contribution in [3.63, 3.8) is 0 Å². The molecule has 0 spiro atoms. The summed E-state index contributed by atoms with van der Waals surface area (Å²) in [5.74, 6) is 1.12. The van der Waals surface area contributed by atoms with E-state index in [9.17, 15) is 0 Å². The fourth-order valence-corrected chi connectivity index (χ4v) is 3.06. The van der Waals surface area contributed by atoms with Gasteiger partial charge in [0, 0.05) is 0 Å². The largest absolute Gasteiger partial charge is 0.490 e. The lowest BCUT2D eigenvalue weighted by Crippen LogP contribution is -2.20. The summed E-state index contributed by atoms with van der Waals surface area (Å²) in [5.41, 5.74) is 2.86. The molecule has 2 aliphatic rings. The standard InChI is InChI=1S/C18H27NO/c1-2-16-14-15(6-5-13-19-11-3-4-12-19)7-10-18(16)20-17-8-9-17/h7,10,14,17H,2-6,8-9,11-13H2,1H3. The van der Waals surface area contributed by atoms with Gasteiger partial charge in [0.15, 0.2) is 0 Å². The van der Waals surface area contributed by atoms with Crippen molar-refractivity contribution in [3.05, 3.63) is 29.3 Å². The number of benzene rings is 1. The summed E-state index contributed by atoms with van der Waals surface area (Å²) in [6.45, 7) is 6.12. The Kier molecular flexibility index (Phi) is 4.62. The molecule has 1 heterocycles. The van der Waals surface area contributed by atoms with Gasteiger partial charge in [-0.25, -0.2) is 0 Å². The van der Waals surface area contributed by atoms with Gasteiger partial charge in [-0.15, -0.1) is 0 Å². The first-order valence-electron chi connectivity index (χ1n) is 8.36. The van der Waals surface area contributed by atoms with E-state index in [0.29, 0.717) is 6.10 Å². The lowest BCUT2D eigenvalue weighted by Gasteiger charge is -2.15. The van der Waals surface area contributed by atoms with Gasteiger partial charge in [0.2, 0.25) is 0 Å². The quantitative estimate of drug-likeness (QED) is 0.749. The van der Waals surface area contributed by atoms with Gasteiger partial charge in [0.05, 0.1) is 6.10 Å². The lowest BCUT2D eigenvalue weighted by molar-refractivity contribution is 0.300. The average molecular weight is 273 g/mol. The topological polar surface area (TPSA) is 12.5 Å². The monoisotopic (exact) mass is 273 g/mol. The molecule has 1 saturated carbocycles. The molecule has 2 nitrogen and oxygen atoms in total. The minimum absolute atomic E-state index is 0.501. The van der Waals surface area contributed by atoms with E-state index in [2.05, 4.69) is 30.0 Å². The Morgan fingerprint density at radius 3 is 2.70 bits per heavy atom. The minimum Gasteiger partial charge on any atom is -0.490 e. The Balaban J connectivity index is 1.52. The third-order valence-corrected chi connectivity index (χ3v) is 4.46. The molecule has 0 N–H and O–H groups in total. The van der Waals surface area contributed by atoms with Crippen LogP contribution in [-0.2, 0) is 12.8 Å². The summed E-state index contributed by atoms with van der Waals surface area (Å²) in [4.78, 5) is 2.60. The van der Waals surface area contributed by atoms with Crippen LogP contribution in [0, 0.1) is 0 Å². The summed E-state index contributed by atoms with van der Waals surface area (Å²) >= 11 is 0. The van der Waals surface area contributed by atoms with Crippen LogP contribution >= 0.6 is 0 Å². The third-order valence-electron chi connectivity index (χ3n) is 4.46. The molecule has 1 aromatic rings. The van der Waals surface area contributed by atoms with Crippen molar-refractivity contribution in [2.45, 2.75) is 58.0 Å². The summed E-state index contributed by atoms with van der Waals surface area (Å²) in [5, 5.41) is 0. The molecular weight excluding hydrogens is 246 g/mol. The normalized spacial score (nSPS) is 19.4. The molecule has 0 radical (unpaired) electrons. The summed E-state index contributed by atoms with van der Waals surface area (Å²) < 4.78 is 5.98. The van der Waals surface area contributed by atoms with Crippen molar-refractivity contribution in [1.29, 1.82) is 0 Å². The SMILES string of the molecule is CCc1cc(CCCN2CCCC2)ccc1OC1CC1. The third kappa shape index (κ3) is 3.76. The molecule has 0 unspecified atom stereocenters. The number of rotatable bonds is 7. The smallest absolute Gasteiger partial charge is 0.122 e. The predicted octanol–water partition coefficient (Wildman–Crippen LogP) is 3.82. The maximum absolute atomic E-state index is 5.98. The number of hydrogen-bond acceptors (Lipinski definition) is 2. The van der Waals surface area contributed by atoms with E-state index in [-0.39, 0.29) is 0 Å². The van der Waals surface area contributed by atoms with Gasteiger partial charge in [0.25, 0.3) is 0 Å². The van der Waals surface area contributed by atoms with E-state index in [1.807, 2.05) is 0 Å². The Bertz CT molecular complexity index is 433. The van der Waals surface area contributed by atoms with Crippen LogP contribution < -0.4 is 4.74 Å². The molecule has 1 aliphatic heterocycles. The number of ether oxygens (including phenoxy) is 1. The van der Waals surface area contributed by atoms with Crippen LogP contribution in [0.25, 0.3) is 0 Å². The molecular formula is C18H27NO. The van der Waals surface area contributed by atoms with Crippen molar-refractivity contribution in [1.82, 2.24) is 4.90 Å². The van der Waals surface area contributed by atoms with Gasteiger partial charge in [-0.05, 0) is 81.8 Å². The van der Waals surface area contributed by atoms with E-state index in [4.69, 9.17) is 4.74 Å². The Morgan fingerprint density at radius 1 is 1.20 bits per heavy atom. The van der Waals surface area contributed by atoms with Crippen molar-refractivity contribution in [2.75, 3.05) is 19.6 Å². The molecule has 20 heavy (non-hydrogen) atoms. The van der Waals surface area contributed by atoms with Gasteiger partial charge in [0.1, 0.15) is 5.75 Å². The Morgan fingerprint density at radius 2 is 2.00 bits per heavy atom. The molecule has 0 bridgehead atoms. The second-order valence-corrected chi connectivity index (χ2v) is 6.27. The maximum Gasteiger partial charge on any atom is 0.122 e. The molecule has 0 amide bonds. The number of likely N-dealkylation sites (tertiary alicyclic amines) is 1. The van der Waals surface area contributed by atoms with Crippen LogP contribution in [0.1, 0.15) is 50.2 Å². The fourth-order valence-electron chi connectivity index (χ4n) is 3.06. The molecule has 1 aromatic carbocycles. The first-order chi connectivity index (χ1) is 9.85. The molecule has 0 aromatic heterocycles. The van der Waals surface area contributed by atoms with E-state index < -0.39 is 0 Å². The van der Waals surface area contributed by atoms with Crippen LogP contribution in [0.2, 0.25) is 0 Å². The summed E-state index contributed by atoms with van der Waals surface area (Å²) in [7, 11) is 0. The van der Waals surface area contributed by atoms with E-state index in [1.165, 1.54) is 69.3 Å². The highest BCUT2D eigenvalue weighted by Gasteiger charge is 2.24. The highest BCUT2D eigenvalue weighted by Crippen LogP contribution is 2.30. The van der Waals surface area contributed by atoms with Gasteiger partial charge in [-0.1, -0.05) is 19.1 Å². The maximum atomic E-state index is 5.98. The zero-order valence-corrected chi connectivity index (χ0v) is 12.7. The average Bonchev–Trinajstić information content (AvgIpc) is 3.13. The molecule has 2 heteroatoms. The zero-order valence-electron chi connectivity index (χ0n) is 12.7. The van der Waals surface area contributed by atoms with Gasteiger partial charge in [-0.2, -0.15) is 0 Å². The molecule has 110 valence electrons. The summed E-state index contributed by atoms with van der Waals surface area (Å²) in [6.07, 6.45) is 9.32. The van der Waals surface area contributed by atoms with Gasteiger partial charge in [-0.3, -0.25) is 0 Å². The van der Waals surface area contributed by atoms with Crippen LogP contribution in [0.5, 0.6) is 5.75 Å². The van der Waals surface area contributed by atoms with E-state index >= 15 is 0 Å². The summed E-state index contributed by atoms with van der Waals surface area (Å²) in [6, 6.07) is 6.82. The number of hydrogen-bond donors (Lipinski definition) is 0. The molecule has 3 rings (SSSR count). The van der Waals surface area contributed by atoms with Crippen molar-refractivity contribution in [3.8, 4) is 5.75 Å².